The number of hydrogen-bond donors (Lipinski definition) is 5. The van der Waals surface area contributed by atoms with Crippen molar-refractivity contribution in [2.45, 2.75) is 0 Å². The number of carbonyl (C=O) groups excluding carboxylic acids is 1. The van der Waals surface area contributed by atoms with Crippen LogP contribution in [0.5, 0.6) is 23.4 Å². The third kappa shape index (κ3) is 1.97. The Morgan fingerprint density at radius 3 is 2.48 bits per heavy atom. The van der Waals surface area contributed by atoms with Gasteiger partial charge >= 0.3 is 6.03 Å². The summed E-state index contributed by atoms with van der Waals surface area (Å²) in [5.74, 6) is -0.934. The van der Waals surface area contributed by atoms with Crippen LogP contribution in [-0.2, 0) is 0 Å². The molecule has 0 saturated carbocycles. The predicted molar refractivity (Wildman–Crippen MR) is 82.7 cm³/mol. The van der Waals surface area contributed by atoms with Crippen LogP contribution in [0.3, 0.4) is 0 Å². The highest BCUT2D eigenvalue weighted by Gasteiger charge is 2.19. The number of hydrogen-bond acceptors (Lipinski definition) is 6. The van der Waals surface area contributed by atoms with Crippen LogP contribution in [0.2, 0.25) is 0 Å². The van der Waals surface area contributed by atoms with E-state index in [4.69, 9.17) is 10.1 Å². The number of aromatic nitrogens is 2. The lowest BCUT2D eigenvalue weighted by atomic mass is 10.2. The topological polar surface area (TPSA) is 156 Å². The molecule has 0 saturated heterocycles. The average Bonchev–Trinajstić information content (AvgIpc) is 3.04. The first kappa shape index (κ1) is 14.8. The van der Waals surface area contributed by atoms with E-state index in [2.05, 4.69) is 15.0 Å². The second-order valence-electron chi connectivity index (χ2n) is 5.32. The molecule has 4 rings (SSSR count). The Balaban J connectivity index is 2.14. The van der Waals surface area contributed by atoms with Crippen LogP contribution in [-0.4, -0.2) is 38.0 Å². The zero-order valence-corrected chi connectivity index (χ0v) is 12.7. The van der Waals surface area contributed by atoms with Crippen LogP contribution in [0.15, 0.2) is 28.2 Å². The summed E-state index contributed by atoms with van der Waals surface area (Å²) in [6.07, 6.45) is 0. The Kier molecular flexibility index (Phi) is 2.85. The minimum absolute atomic E-state index is 0.00977. The standard InChI is InChI=1S/C15H11N5O5/c1-25-9-4-7-6(17-15(24)18-7)3-8(9)20-10(21)2-5-11(12(20)16)14(23)19-13(5)22/h2-4,16,19,21-23H,1H3. The van der Waals surface area contributed by atoms with E-state index in [0.717, 1.165) is 4.57 Å². The van der Waals surface area contributed by atoms with E-state index in [1.54, 1.807) is 0 Å². The van der Waals surface area contributed by atoms with E-state index in [1.165, 1.54) is 25.3 Å². The van der Waals surface area contributed by atoms with Gasteiger partial charge in [-0.3, -0.25) is 15.0 Å². The highest BCUT2D eigenvalue weighted by atomic mass is 16.5. The second kappa shape index (κ2) is 4.84. The smallest absolute Gasteiger partial charge is 0.368 e. The van der Waals surface area contributed by atoms with Gasteiger partial charge in [0.15, 0.2) is 11.8 Å². The molecule has 10 nitrogen and oxygen atoms in total. The number of methoxy groups -OCH3 is 1. The number of aromatic amines is 1. The van der Waals surface area contributed by atoms with Crippen LogP contribution in [0.4, 0.5) is 4.79 Å². The monoisotopic (exact) mass is 341 g/mol. The maximum atomic E-state index is 11.4. The SMILES string of the molecule is COc1cc2c(cc1-n1c(O)cc3c(O)[nH]c(O)c3c1=N)=NC(=O)N=2. The molecule has 0 aliphatic carbocycles. The van der Waals surface area contributed by atoms with Crippen molar-refractivity contribution in [2.24, 2.45) is 9.98 Å². The number of benzene rings is 1. The fourth-order valence-corrected chi connectivity index (χ4v) is 2.83. The van der Waals surface area contributed by atoms with E-state index in [1.807, 2.05) is 0 Å². The number of nitrogens with one attached hydrogen (secondary N) is 2. The normalized spacial score (nSPS) is 12.8. The molecule has 1 aliphatic heterocycles. The van der Waals surface area contributed by atoms with E-state index in [9.17, 15) is 20.1 Å². The molecule has 10 heteroatoms. The third-order valence-electron chi connectivity index (χ3n) is 3.91. The molecular weight excluding hydrogens is 330 g/mol. The molecule has 3 heterocycles. The van der Waals surface area contributed by atoms with Gasteiger partial charge in [0, 0.05) is 12.1 Å². The molecule has 0 bridgehead atoms. The Labute approximate surface area is 138 Å². The van der Waals surface area contributed by atoms with Gasteiger partial charge < -0.3 is 20.1 Å². The van der Waals surface area contributed by atoms with E-state index >= 15 is 0 Å². The highest BCUT2D eigenvalue weighted by Crippen LogP contribution is 2.33. The minimum Gasteiger partial charge on any atom is -0.494 e. The maximum absolute atomic E-state index is 11.4. The van der Waals surface area contributed by atoms with E-state index < -0.39 is 11.9 Å². The molecular formula is C15H11N5O5. The number of carbonyl (C=O) groups is 1. The quantitative estimate of drug-likeness (QED) is 0.441. The number of urea groups is 1. The van der Waals surface area contributed by atoms with Crippen LogP contribution in [0, 0.1) is 5.41 Å². The lowest BCUT2D eigenvalue weighted by Gasteiger charge is -2.14. The minimum atomic E-state index is -0.654. The number of amides is 2. The summed E-state index contributed by atoms with van der Waals surface area (Å²) in [5.41, 5.74) is -0.0806. The van der Waals surface area contributed by atoms with Crippen molar-refractivity contribution < 1.29 is 24.9 Å². The summed E-state index contributed by atoms with van der Waals surface area (Å²) in [5, 5.41) is 39.0. The first-order valence-electron chi connectivity index (χ1n) is 7.03. The van der Waals surface area contributed by atoms with Gasteiger partial charge in [-0.15, -0.1) is 0 Å². The van der Waals surface area contributed by atoms with Crippen LogP contribution < -0.4 is 20.9 Å². The van der Waals surface area contributed by atoms with Gasteiger partial charge in [-0.25, -0.2) is 4.79 Å². The molecule has 25 heavy (non-hydrogen) atoms. The molecule has 1 aromatic carbocycles. The fourth-order valence-electron chi connectivity index (χ4n) is 2.83. The molecule has 0 radical (unpaired) electrons. The summed E-state index contributed by atoms with van der Waals surface area (Å²) in [6, 6.07) is 3.44. The van der Waals surface area contributed by atoms with Gasteiger partial charge in [-0.1, -0.05) is 0 Å². The zero-order chi connectivity index (χ0) is 17.9. The second-order valence-corrected chi connectivity index (χ2v) is 5.32. The van der Waals surface area contributed by atoms with Crippen molar-refractivity contribution in [3.05, 3.63) is 34.4 Å². The van der Waals surface area contributed by atoms with Crippen LogP contribution >= 0.6 is 0 Å². The van der Waals surface area contributed by atoms with Crippen molar-refractivity contribution in [2.75, 3.05) is 7.11 Å². The lowest BCUT2D eigenvalue weighted by molar-refractivity contribution is 0.256. The summed E-state index contributed by atoms with van der Waals surface area (Å²) >= 11 is 0. The maximum Gasteiger partial charge on any atom is 0.368 e. The molecule has 0 spiro atoms. The lowest BCUT2D eigenvalue weighted by Crippen LogP contribution is -2.26. The summed E-state index contributed by atoms with van der Waals surface area (Å²) in [4.78, 5) is 21.1. The van der Waals surface area contributed by atoms with Crippen LogP contribution in [0.1, 0.15) is 0 Å². The number of H-pyrrole nitrogens is 1. The molecule has 0 unspecified atom stereocenters. The zero-order valence-electron chi connectivity index (χ0n) is 12.7. The van der Waals surface area contributed by atoms with Crippen molar-refractivity contribution in [3.8, 4) is 29.1 Å². The molecule has 0 fully saturated rings. The third-order valence-corrected chi connectivity index (χ3v) is 3.91. The number of nitrogens with zero attached hydrogens (tertiary/aromatic N) is 3. The van der Waals surface area contributed by atoms with Gasteiger partial charge in [0.05, 0.1) is 34.3 Å². The first-order valence-corrected chi connectivity index (χ1v) is 7.03. The van der Waals surface area contributed by atoms with Gasteiger partial charge in [0.1, 0.15) is 11.2 Å². The van der Waals surface area contributed by atoms with E-state index in [0.29, 0.717) is 5.36 Å². The number of rotatable bonds is 2. The van der Waals surface area contributed by atoms with Crippen molar-refractivity contribution in [1.82, 2.24) is 9.55 Å². The Hall–Kier alpha value is -3.82. The van der Waals surface area contributed by atoms with Gasteiger partial charge in [-0.05, 0) is 6.07 Å². The molecule has 2 aromatic heterocycles. The van der Waals surface area contributed by atoms with Gasteiger partial charge in [0.25, 0.3) is 0 Å². The average molecular weight is 341 g/mol. The molecule has 5 N–H and O–H groups in total. The Morgan fingerprint density at radius 1 is 1.12 bits per heavy atom. The van der Waals surface area contributed by atoms with Crippen molar-refractivity contribution >= 4 is 16.8 Å². The molecule has 1 aliphatic rings. The van der Waals surface area contributed by atoms with Crippen molar-refractivity contribution in [1.29, 1.82) is 5.41 Å². The van der Waals surface area contributed by atoms with Gasteiger partial charge in [0.2, 0.25) is 5.88 Å². The summed E-state index contributed by atoms with van der Waals surface area (Å²) < 4.78 is 6.36. The highest BCUT2D eigenvalue weighted by molar-refractivity contribution is 5.92. The summed E-state index contributed by atoms with van der Waals surface area (Å²) in [6.45, 7) is 0. The van der Waals surface area contributed by atoms with Crippen molar-refractivity contribution in [3.63, 3.8) is 0 Å². The fraction of sp³-hybridized carbons (Fsp3) is 0.0667. The Bertz CT molecular complexity index is 1250. The molecule has 0 atom stereocenters. The number of fused-ring (bicyclic) bond motifs is 2. The predicted octanol–water partition coefficient (Wildman–Crippen LogP) is -0.0637. The number of aromatic hydroxyl groups is 3. The molecule has 3 aromatic rings. The Morgan fingerprint density at radius 2 is 1.80 bits per heavy atom. The van der Waals surface area contributed by atoms with Gasteiger partial charge in [-0.2, -0.15) is 9.98 Å². The van der Waals surface area contributed by atoms with E-state index in [-0.39, 0.29) is 44.8 Å². The largest absolute Gasteiger partial charge is 0.494 e. The molecule has 2 amide bonds. The molecule has 126 valence electrons. The van der Waals surface area contributed by atoms with Crippen LogP contribution in [0.25, 0.3) is 16.5 Å². The number of ether oxygens (including phenoxy) is 1. The number of pyridine rings is 1. The summed E-state index contributed by atoms with van der Waals surface area (Å²) in [7, 11) is 1.39. The first-order chi connectivity index (χ1) is 11.9.